The Morgan fingerprint density at radius 1 is 1.00 bits per heavy atom. The highest BCUT2D eigenvalue weighted by Crippen LogP contribution is 2.39. The molecule has 2 fully saturated rings. The Labute approximate surface area is 151 Å². The molecule has 0 N–H and O–H groups in total. The van der Waals surface area contributed by atoms with Crippen molar-refractivity contribution in [3.63, 3.8) is 0 Å². The number of hydrogen-bond acceptors (Lipinski definition) is 3. The molecule has 0 aromatic heterocycles. The number of carbonyl (C=O) groups excluding carboxylic acids is 1. The Kier molecular flexibility index (Phi) is 3.77. The summed E-state index contributed by atoms with van der Waals surface area (Å²) in [6.45, 7) is 1.92. The SMILES string of the molecule is Cc1ccccc1N1C(=O)N(c2cccc(Cl)c2)[C@@H]2CS(=O)(=O)C[C@H]21. The van der Waals surface area contributed by atoms with E-state index in [1.54, 1.807) is 34.1 Å². The molecular weight excluding hydrogens is 360 g/mol. The Morgan fingerprint density at radius 3 is 2.36 bits per heavy atom. The first-order valence-corrected chi connectivity index (χ1v) is 10.2. The number of anilines is 2. The number of hydrogen-bond donors (Lipinski definition) is 0. The van der Waals surface area contributed by atoms with Crippen molar-refractivity contribution in [2.75, 3.05) is 21.3 Å². The summed E-state index contributed by atoms with van der Waals surface area (Å²) >= 11 is 6.08. The predicted octanol–water partition coefficient (Wildman–Crippen LogP) is 3.26. The van der Waals surface area contributed by atoms with Gasteiger partial charge in [-0.2, -0.15) is 0 Å². The van der Waals surface area contributed by atoms with Gasteiger partial charge in [0.15, 0.2) is 9.84 Å². The zero-order chi connectivity index (χ0) is 17.8. The van der Waals surface area contributed by atoms with Gasteiger partial charge < -0.3 is 0 Å². The van der Waals surface area contributed by atoms with Crippen LogP contribution >= 0.6 is 11.6 Å². The van der Waals surface area contributed by atoms with E-state index in [1.807, 2.05) is 31.2 Å². The van der Waals surface area contributed by atoms with Crippen LogP contribution in [0, 0.1) is 6.92 Å². The average Bonchev–Trinajstić information content (AvgIpc) is 2.97. The van der Waals surface area contributed by atoms with E-state index < -0.39 is 21.9 Å². The van der Waals surface area contributed by atoms with Crippen LogP contribution in [0.4, 0.5) is 16.2 Å². The maximum atomic E-state index is 13.2. The Bertz CT molecular complexity index is 960. The number of carbonyl (C=O) groups is 1. The highest BCUT2D eigenvalue weighted by molar-refractivity contribution is 7.91. The van der Waals surface area contributed by atoms with Gasteiger partial charge in [0.2, 0.25) is 0 Å². The van der Waals surface area contributed by atoms with Crippen LogP contribution in [0.3, 0.4) is 0 Å². The molecule has 2 atom stereocenters. The molecule has 2 heterocycles. The molecule has 5 nitrogen and oxygen atoms in total. The molecule has 0 unspecified atom stereocenters. The van der Waals surface area contributed by atoms with E-state index in [1.165, 1.54) is 0 Å². The molecular formula is C18H17ClN2O3S. The molecule has 2 saturated heterocycles. The van der Waals surface area contributed by atoms with E-state index >= 15 is 0 Å². The molecule has 7 heteroatoms. The molecule has 2 aliphatic rings. The molecule has 2 aromatic rings. The molecule has 0 spiro atoms. The van der Waals surface area contributed by atoms with Gasteiger partial charge in [0.05, 0.1) is 23.6 Å². The monoisotopic (exact) mass is 376 g/mol. The van der Waals surface area contributed by atoms with Crippen molar-refractivity contribution in [1.29, 1.82) is 0 Å². The van der Waals surface area contributed by atoms with E-state index in [9.17, 15) is 13.2 Å². The van der Waals surface area contributed by atoms with Crippen molar-refractivity contribution in [3.05, 3.63) is 59.1 Å². The van der Waals surface area contributed by atoms with Crippen molar-refractivity contribution in [2.45, 2.75) is 19.0 Å². The molecule has 0 bridgehead atoms. The van der Waals surface area contributed by atoms with Crippen LogP contribution in [0.5, 0.6) is 0 Å². The fourth-order valence-corrected chi connectivity index (χ4v) is 5.85. The number of halogens is 1. The minimum atomic E-state index is -3.20. The summed E-state index contributed by atoms with van der Waals surface area (Å²) in [6, 6.07) is 13.5. The molecule has 2 aromatic carbocycles. The van der Waals surface area contributed by atoms with Gasteiger partial charge in [0, 0.05) is 16.4 Å². The quantitative estimate of drug-likeness (QED) is 0.756. The first kappa shape index (κ1) is 16.4. The van der Waals surface area contributed by atoms with E-state index in [2.05, 4.69) is 0 Å². The summed E-state index contributed by atoms with van der Waals surface area (Å²) in [5.74, 6) is -0.0485. The summed E-state index contributed by atoms with van der Waals surface area (Å²) in [4.78, 5) is 16.4. The molecule has 25 heavy (non-hydrogen) atoms. The van der Waals surface area contributed by atoms with Crippen molar-refractivity contribution >= 4 is 38.8 Å². The van der Waals surface area contributed by atoms with Crippen LogP contribution in [0.15, 0.2) is 48.5 Å². The number of fused-ring (bicyclic) bond motifs is 1. The smallest absolute Gasteiger partial charge is 0.288 e. The largest absolute Gasteiger partial charge is 0.329 e. The van der Waals surface area contributed by atoms with Gasteiger partial charge in [-0.25, -0.2) is 13.2 Å². The number of benzene rings is 2. The Balaban J connectivity index is 1.84. The third-order valence-electron chi connectivity index (χ3n) is 4.83. The lowest BCUT2D eigenvalue weighted by Crippen LogP contribution is -2.38. The normalized spacial score (nSPS) is 24.6. The standard InChI is InChI=1S/C18H17ClN2O3S/c1-12-5-2-3-8-15(12)21-17-11-25(23,24)10-16(17)20(18(21)22)14-7-4-6-13(19)9-14/h2-9,16-17H,10-11H2,1H3/t16-,17-/m1/s1. The second kappa shape index (κ2) is 5.75. The number of nitrogens with zero attached hydrogens (tertiary/aromatic N) is 2. The van der Waals surface area contributed by atoms with Crippen molar-refractivity contribution in [3.8, 4) is 0 Å². The summed E-state index contributed by atoms with van der Waals surface area (Å²) < 4.78 is 24.5. The Hall–Kier alpha value is -2.05. The lowest BCUT2D eigenvalue weighted by molar-refractivity contribution is 0.255. The second-order valence-electron chi connectivity index (χ2n) is 6.50. The summed E-state index contributed by atoms with van der Waals surface area (Å²) in [7, 11) is -3.20. The molecule has 0 radical (unpaired) electrons. The highest BCUT2D eigenvalue weighted by Gasteiger charge is 2.54. The van der Waals surface area contributed by atoms with Crippen LogP contribution in [0.1, 0.15) is 5.56 Å². The number of aryl methyl sites for hydroxylation is 1. The van der Waals surface area contributed by atoms with Gasteiger partial charge in [-0.15, -0.1) is 0 Å². The number of urea groups is 1. The summed E-state index contributed by atoms with van der Waals surface area (Å²) in [5, 5.41) is 0.511. The predicted molar refractivity (Wildman–Crippen MR) is 99.2 cm³/mol. The van der Waals surface area contributed by atoms with Crippen molar-refractivity contribution in [2.24, 2.45) is 0 Å². The average molecular weight is 377 g/mol. The third-order valence-corrected chi connectivity index (χ3v) is 6.76. The first-order valence-electron chi connectivity index (χ1n) is 8.01. The number of amides is 2. The number of sulfone groups is 1. The molecule has 130 valence electrons. The van der Waals surface area contributed by atoms with Gasteiger partial charge in [-0.1, -0.05) is 35.9 Å². The maximum absolute atomic E-state index is 13.2. The number of para-hydroxylation sites is 1. The van der Waals surface area contributed by atoms with Gasteiger partial charge >= 0.3 is 6.03 Å². The molecule has 2 aliphatic heterocycles. The number of rotatable bonds is 2. The fourth-order valence-electron chi connectivity index (χ4n) is 3.75. The molecule has 0 aliphatic carbocycles. The lowest BCUT2D eigenvalue weighted by Gasteiger charge is -2.24. The van der Waals surface area contributed by atoms with Gasteiger partial charge in [-0.3, -0.25) is 9.80 Å². The third kappa shape index (κ3) is 2.69. The van der Waals surface area contributed by atoms with Crippen LogP contribution in [-0.2, 0) is 9.84 Å². The lowest BCUT2D eigenvalue weighted by atomic mass is 10.1. The second-order valence-corrected chi connectivity index (χ2v) is 9.09. The minimum absolute atomic E-state index is 0.0190. The highest BCUT2D eigenvalue weighted by atomic mass is 35.5. The maximum Gasteiger partial charge on any atom is 0.329 e. The summed E-state index contributed by atoms with van der Waals surface area (Å²) in [6.07, 6.45) is 0. The van der Waals surface area contributed by atoms with Crippen molar-refractivity contribution < 1.29 is 13.2 Å². The van der Waals surface area contributed by atoms with E-state index in [0.29, 0.717) is 10.7 Å². The molecule has 4 rings (SSSR count). The van der Waals surface area contributed by atoms with Gasteiger partial charge in [-0.05, 0) is 36.8 Å². The van der Waals surface area contributed by atoms with E-state index in [-0.39, 0.29) is 17.5 Å². The fraction of sp³-hybridized carbons (Fsp3) is 0.278. The topological polar surface area (TPSA) is 57.7 Å². The van der Waals surface area contributed by atoms with Crippen molar-refractivity contribution in [1.82, 2.24) is 0 Å². The zero-order valence-corrected chi connectivity index (χ0v) is 15.2. The van der Waals surface area contributed by atoms with Gasteiger partial charge in [0.25, 0.3) is 0 Å². The van der Waals surface area contributed by atoms with Gasteiger partial charge in [0.1, 0.15) is 0 Å². The molecule has 2 amide bonds. The molecule has 0 saturated carbocycles. The van der Waals surface area contributed by atoms with Crippen LogP contribution in [0.25, 0.3) is 0 Å². The minimum Gasteiger partial charge on any atom is -0.288 e. The van der Waals surface area contributed by atoms with E-state index in [0.717, 1.165) is 11.3 Å². The van der Waals surface area contributed by atoms with Crippen LogP contribution in [0.2, 0.25) is 5.02 Å². The van der Waals surface area contributed by atoms with E-state index in [4.69, 9.17) is 11.6 Å². The van der Waals surface area contributed by atoms with Crippen LogP contribution < -0.4 is 9.80 Å². The first-order chi connectivity index (χ1) is 11.9. The van der Waals surface area contributed by atoms with Crippen LogP contribution in [-0.4, -0.2) is 38.0 Å². The zero-order valence-electron chi connectivity index (χ0n) is 13.6. The Morgan fingerprint density at radius 2 is 1.68 bits per heavy atom. The summed E-state index contributed by atoms with van der Waals surface area (Å²) in [5.41, 5.74) is 2.32.